The van der Waals surface area contributed by atoms with Crippen LogP contribution in [0.15, 0.2) is 23.0 Å². The number of hydrogen-bond acceptors (Lipinski definition) is 4. The summed E-state index contributed by atoms with van der Waals surface area (Å²) in [5.41, 5.74) is -3.51. The molecule has 0 radical (unpaired) electrons. The van der Waals surface area contributed by atoms with Gasteiger partial charge in [0.1, 0.15) is 0 Å². The highest BCUT2D eigenvalue weighted by molar-refractivity contribution is 7.56. The maximum Gasteiger partial charge on any atom is 0.352 e. The van der Waals surface area contributed by atoms with E-state index in [0.717, 1.165) is 0 Å². The quantitative estimate of drug-likeness (QED) is 0.342. The molecule has 0 fully saturated rings. The van der Waals surface area contributed by atoms with Gasteiger partial charge >= 0.3 is 25.5 Å². The van der Waals surface area contributed by atoms with Gasteiger partial charge in [-0.05, 0) is 12.2 Å². The third-order valence-corrected chi connectivity index (χ3v) is 3.60. The van der Waals surface area contributed by atoms with Crippen molar-refractivity contribution in [3.05, 3.63) is 23.0 Å². The predicted octanol–water partition coefficient (Wildman–Crippen LogP) is -0.382. The molecule has 5 N–H and O–H groups in total. The Kier molecular flexibility index (Phi) is 3.67. The summed E-state index contributed by atoms with van der Waals surface area (Å²) in [6.45, 7) is 0. The molecule has 0 spiro atoms. The van der Waals surface area contributed by atoms with Crippen LogP contribution in [0.25, 0.3) is 0 Å². The molecule has 0 bridgehead atoms. The Morgan fingerprint density at radius 3 is 1.89 bits per heavy atom. The fraction of sp³-hybridized carbons (Fsp3) is 0.222. The standard InChI is InChI=1S/C9H9O9P/c10-6(11)4-1-5(19(16,17)18)3-9(2-4,7(12)13)8(14)15/h1-2H,3H2,(H,10,11)(H,12,13)(H,14,15)(H2,16,17,18). The lowest BCUT2D eigenvalue weighted by Crippen LogP contribution is -2.40. The van der Waals surface area contributed by atoms with Crippen molar-refractivity contribution in [1.82, 2.24) is 0 Å². The Morgan fingerprint density at radius 2 is 1.58 bits per heavy atom. The number of rotatable bonds is 4. The number of carboxylic acid groups (broad SMARTS) is 3. The van der Waals surface area contributed by atoms with Crippen LogP contribution in [0.3, 0.4) is 0 Å². The third kappa shape index (κ3) is 2.73. The van der Waals surface area contributed by atoms with Crippen LogP contribution in [-0.4, -0.2) is 43.0 Å². The summed E-state index contributed by atoms with van der Waals surface area (Å²) in [5.74, 6) is -5.49. The summed E-state index contributed by atoms with van der Waals surface area (Å²) < 4.78 is 11.1. The zero-order chi connectivity index (χ0) is 15.0. The molecule has 19 heavy (non-hydrogen) atoms. The van der Waals surface area contributed by atoms with Crippen molar-refractivity contribution in [2.45, 2.75) is 6.42 Å². The van der Waals surface area contributed by atoms with Crippen molar-refractivity contribution < 1.29 is 44.1 Å². The first kappa shape index (κ1) is 15.1. The van der Waals surface area contributed by atoms with Gasteiger partial charge in [0.05, 0.1) is 5.57 Å². The van der Waals surface area contributed by atoms with E-state index in [-0.39, 0.29) is 0 Å². The van der Waals surface area contributed by atoms with Crippen LogP contribution in [0.1, 0.15) is 6.42 Å². The van der Waals surface area contributed by atoms with Gasteiger partial charge in [0, 0.05) is 11.7 Å². The molecule has 10 heteroatoms. The van der Waals surface area contributed by atoms with Crippen molar-refractivity contribution in [3.63, 3.8) is 0 Å². The topological polar surface area (TPSA) is 169 Å². The predicted molar refractivity (Wildman–Crippen MR) is 58.2 cm³/mol. The normalized spacial score (nSPS) is 18.2. The second-order valence-electron chi connectivity index (χ2n) is 3.84. The van der Waals surface area contributed by atoms with E-state index in [0.29, 0.717) is 12.2 Å². The number of carboxylic acids is 3. The van der Waals surface area contributed by atoms with E-state index in [1.807, 2.05) is 0 Å². The zero-order valence-corrected chi connectivity index (χ0v) is 10.1. The van der Waals surface area contributed by atoms with Gasteiger partial charge in [0.2, 0.25) is 0 Å². The second-order valence-corrected chi connectivity index (χ2v) is 5.51. The molecule has 0 atom stereocenters. The summed E-state index contributed by atoms with van der Waals surface area (Å²) in [6.07, 6.45) is 0.0468. The van der Waals surface area contributed by atoms with Crippen LogP contribution in [0, 0.1) is 5.41 Å². The van der Waals surface area contributed by atoms with E-state index in [4.69, 9.17) is 25.1 Å². The van der Waals surface area contributed by atoms with Crippen LogP contribution < -0.4 is 0 Å². The Balaban J connectivity index is 3.53. The molecule has 0 unspecified atom stereocenters. The molecule has 0 saturated heterocycles. The molecule has 9 nitrogen and oxygen atoms in total. The highest BCUT2D eigenvalue weighted by Gasteiger charge is 2.50. The summed E-state index contributed by atoms with van der Waals surface area (Å²) in [5, 5.41) is 25.8. The summed E-state index contributed by atoms with van der Waals surface area (Å²) in [6, 6.07) is 0. The molecule has 0 amide bonds. The van der Waals surface area contributed by atoms with Crippen molar-refractivity contribution >= 4 is 25.5 Å². The average molecular weight is 292 g/mol. The minimum Gasteiger partial charge on any atom is -0.480 e. The third-order valence-electron chi connectivity index (χ3n) is 2.57. The molecule has 0 aliphatic heterocycles. The average Bonchev–Trinajstić information content (AvgIpc) is 2.26. The van der Waals surface area contributed by atoms with E-state index in [2.05, 4.69) is 0 Å². The molecular formula is C9H9O9P. The van der Waals surface area contributed by atoms with E-state index in [1.165, 1.54) is 0 Å². The molecule has 0 saturated carbocycles. The maximum atomic E-state index is 11.1. The Bertz CT molecular complexity index is 550. The van der Waals surface area contributed by atoms with Crippen molar-refractivity contribution in [2.24, 2.45) is 5.41 Å². The highest BCUT2D eigenvalue weighted by atomic mass is 31.2. The van der Waals surface area contributed by atoms with Gasteiger partial charge in [-0.3, -0.25) is 14.2 Å². The largest absolute Gasteiger partial charge is 0.480 e. The van der Waals surface area contributed by atoms with Crippen molar-refractivity contribution in [1.29, 1.82) is 0 Å². The number of aliphatic carboxylic acids is 3. The van der Waals surface area contributed by atoms with Crippen LogP contribution in [0.2, 0.25) is 0 Å². The number of hydrogen-bond donors (Lipinski definition) is 5. The molecule has 104 valence electrons. The zero-order valence-electron chi connectivity index (χ0n) is 9.18. The molecule has 0 heterocycles. The fourth-order valence-electron chi connectivity index (χ4n) is 1.55. The molecule has 1 aliphatic rings. The molecule has 0 aromatic carbocycles. The summed E-state index contributed by atoms with van der Waals surface area (Å²) in [7, 11) is -4.95. The van der Waals surface area contributed by atoms with Gasteiger partial charge in [0.15, 0.2) is 5.41 Å². The van der Waals surface area contributed by atoms with Crippen LogP contribution in [0.5, 0.6) is 0 Å². The summed E-state index contributed by atoms with van der Waals surface area (Å²) >= 11 is 0. The molecule has 0 aromatic heterocycles. The van der Waals surface area contributed by atoms with Crippen LogP contribution in [-0.2, 0) is 18.9 Å². The SMILES string of the molecule is O=C(O)C1=CC(C(=O)O)(C(=O)O)CC(P(=O)(O)O)=C1. The van der Waals surface area contributed by atoms with E-state index >= 15 is 0 Å². The van der Waals surface area contributed by atoms with E-state index in [9.17, 15) is 18.9 Å². The number of carbonyl (C=O) groups is 3. The van der Waals surface area contributed by atoms with Crippen LogP contribution in [0.4, 0.5) is 0 Å². The highest BCUT2D eigenvalue weighted by Crippen LogP contribution is 2.53. The maximum absolute atomic E-state index is 11.1. The Labute approximate surface area is 105 Å². The van der Waals surface area contributed by atoms with Gasteiger partial charge < -0.3 is 25.1 Å². The monoisotopic (exact) mass is 292 g/mol. The van der Waals surface area contributed by atoms with Gasteiger partial charge in [-0.2, -0.15) is 0 Å². The van der Waals surface area contributed by atoms with Crippen molar-refractivity contribution in [3.8, 4) is 0 Å². The first-order chi connectivity index (χ1) is 8.50. The van der Waals surface area contributed by atoms with Crippen LogP contribution >= 0.6 is 7.60 Å². The lowest BCUT2D eigenvalue weighted by atomic mass is 9.79. The first-order valence-electron chi connectivity index (χ1n) is 4.70. The molecule has 1 rings (SSSR count). The van der Waals surface area contributed by atoms with Gasteiger partial charge in [-0.15, -0.1) is 0 Å². The first-order valence-corrected chi connectivity index (χ1v) is 6.31. The second kappa shape index (κ2) is 4.61. The molecule has 1 aliphatic carbocycles. The Morgan fingerprint density at radius 1 is 1.11 bits per heavy atom. The van der Waals surface area contributed by atoms with Gasteiger partial charge in [-0.1, -0.05) is 0 Å². The Hall–Kier alpha value is -1.96. The molecular weight excluding hydrogens is 283 g/mol. The minimum absolute atomic E-state index is 0.457. The van der Waals surface area contributed by atoms with Crippen molar-refractivity contribution in [2.75, 3.05) is 0 Å². The van der Waals surface area contributed by atoms with E-state index < -0.39 is 48.2 Å². The van der Waals surface area contributed by atoms with Gasteiger partial charge in [0.25, 0.3) is 0 Å². The lowest BCUT2D eigenvalue weighted by Gasteiger charge is -2.26. The van der Waals surface area contributed by atoms with Gasteiger partial charge in [-0.25, -0.2) is 4.79 Å². The lowest BCUT2D eigenvalue weighted by molar-refractivity contribution is -0.160. The number of allylic oxidation sites excluding steroid dienone is 1. The minimum atomic E-state index is -4.95. The summed E-state index contributed by atoms with van der Waals surface area (Å²) in [4.78, 5) is 50.9. The fourth-order valence-corrected chi connectivity index (χ4v) is 2.31. The molecule has 0 aromatic rings. The van der Waals surface area contributed by atoms with E-state index in [1.54, 1.807) is 0 Å². The smallest absolute Gasteiger partial charge is 0.352 e.